The predicted octanol–water partition coefficient (Wildman–Crippen LogP) is 5.34. The summed E-state index contributed by atoms with van der Waals surface area (Å²) in [5, 5.41) is 9.42. The Morgan fingerprint density at radius 2 is 1.54 bits per heavy atom. The molecule has 1 saturated heterocycles. The van der Waals surface area contributed by atoms with Crippen LogP contribution in [-0.2, 0) is 12.4 Å². The molecule has 1 aliphatic rings. The zero-order valence-corrected chi connectivity index (χ0v) is 18.7. The van der Waals surface area contributed by atoms with Crippen molar-refractivity contribution in [2.75, 3.05) is 27.2 Å². The minimum absolute atomic E-state index is 0.0136. The van der Waals surface area contributed by atoms with Crippen molar-refractivity contribution in [1.82, 2.24) is 9.80 Å². The number of alkyl halides is 6. The molecule has 0 radical (unpaired) electrons. The highest BCUT2D eigenvalue weighted by molar-refractivity contribution is 5.95. The Kier molecular flexibility index (Phi) is 7.23. The van der Waals surface area contributed by atoms with Gasteiger partial charge in [-0.15, -0.1) is 0 Å². The zero-order valence-electron chi connectivity index (χ0n) is 18.7. The Bertz CT molecular complexity index is 1050. The first-order valence-electron chi connectivity index (χ1n) is 10.4. The topological polar surface area (TPSA) is 70.1 Å². The molecule has 1 aliphatic heterocycles. The molecule has 3 rings (SSSR count). The number of likely N-dealkylation sites (tertiary alicyclic amines) is 1. The van der Waals surface area contributed by atoms with Crippen molar-refractivity contribution in [2.24, 2.45) is 0 Å². The van der Waals surface area contributed by atoms with Gasteiger partial charge in [0.2, 0.25) is 0 Å². The highest BCUT2D eigenvalue weighted by Gasteiger charge is 2.40. The van der Waals surface area contributed by atoms with Gasteiger partial charge in [0.1, 0.15) is 5.75 Å². The zero-order chi connectivity index (χ0) is 26.1. The number of benzene rings is 2. The van der Waals surface area contributed by atoms with Crippen molar-refractivity contribution in [1.29, 1.82) is 0 Å². The maximum absolute atomic E-state index is 13.3. The van der Waals surface area contributed by atoms with Crippen LogP contribution in [0.1, 0.15) is 39.4 Å². The lowest BCUT2D eigenvalue weighted by Gasteiger charge is -2.42. The normalized spacial score (nSPS) is 18.8. The summed E-state index contributed by atoms with van der Waals surface area (Å²) in [5.74, 6) is -1.08. The second kappa shape index (κ2) is 9.67. The third-order valence-corrected chi connectivity index (χ3v) is 6.04. The second-order valence-electron chi connectivity index (χ2n) is 8.17. The highest BCUT2D eigenvalue weighted by Crippen LogP contribution is 2.37. The van der Waals surface area contributed by atoms with E-state index in [9.17, 15) is 41.0 Å². The third kappa shape index (κ3) is 5.80. The van der Waals surface area contributed by atoms with Crippen LogP contribution in [0.15, 0.2) is 42.5 Å². The van der Waals surface area contributed by atoms with Crippen LogP contribution in [0.3, 0.4) is 0 Å². The van der Waals surface area contributed by atoms with E-state index in [1.165, 1.54) is 14.2 Å². The lowest BCUT2D eigenvalue weighted by molar-refractivity contribution is -0.143. The number of amides is 2. The van der Waals surface area contributed by atoms with Crippen molar-refractivity contribution in [3.05, 3.63) is 64.7 Å². The van der Waals surface area contributed by atoms with E-state index in [4.69, 9.17) is 4.74 Å². The smallest absolute Gasteiger partial charge is 0.416 e. The number of hydrogen-bond acceptors (Lipinski definition) is 3. The fraction of sp³-hybridized carbons (Fsp3) is 0.391. The van der Waals surface area contributed by atoms with Crippen molar-refractivity contribution < 1.29 is 45.8 Å². The number of carboxylic acid groups (broad SMARTS) is 1. The van der Waals surface area contributed by atoms with Gasteiger partial charge in [0.15, 0.2) is 0 Å². The average Bonchev–Trinajstić information content (AvgIpc) is 2.81. The molecule has 190 valence electrons. The predicted molar refractivity (Wildman–Crippen MR) is 112 cm³/mol. The fourth-order valence-electron chi connectivity index (χ4n) is 4.19. The second-order valence-corrected chi connectivity index (χ2v) is 8.17. The van der Waals surface area contributed by atoms with Crippen molar-refractivity contribution in [3.8, 4) is 5.75 Å². The van der Waals surface area contributed by atoms with Crippen LogP contribution in [-0.4, -0.2) is 60.2 Å². The lowest BCUT2D eigenvalue weighted by atomic mass is 9.85. The summed E-state index contributed by atoms with van der Waals surface area (Å²) >= 11 is 0. The number of likely N-dealkylation sites (N-methyl/N-ethyl adjacent to an activating group) is 1. The van der Waals surface area contributed by atoms with Gasteiger partial charge in [-0.3, -0.25) is 4.79 Å². The Balaban J connectivity index is 1.99. The number of rotatable bonds is 4. The van der Waals surface area contributed by atoms with Crippen molar-refractivity contribution in [2.45, 2.75) is 30.7 Å². The number of ether oxygens (including phenoxy) is 1. The summed E-state index contributed by atoms with van der Waals surface area (Å²) in [6.07, 6.45) is -11.2. The van der Waals surface area contributed by atoms with Crippen molar-refractivity contribution >= 4 is 12.0 Å². The van der Waals surface area contributed by atoms with Gasteiger partial charge in [-0.25, -0.2) is 4.79 Å². The summed E-state index contributed by atoms with van der Waals surface area (Å²) in [4.78, 5) is 26.9. The number of hydrogen-bond donors (Lipinski definition) is 1. The summed E-state index contributed by atoms with van der Waals surface area (Å²) in [5.41, 5.74) is -3.29. The molecule has 0 aromatic heterocycles. The van der Waals surface area contributed by atoms with E-state index >= 15 is 0 Å². The molecular weight excluding hydrogens is 482 g/mol. The standard InChI is InChI=1S/C23H22F6N2O4/c1-30(20(32)14-9-15(22(24,25)26)11-16(10-14)23(27,28)29)19-7-8-31(21(33)34)12-18(19)13-3-5-17(35-2)6-4-13/h3-6,9-11,18-19H,7-8,12H2,1-2H3,(H,33,34)/t18-,19+/m0/s1. The monoisotopic (exact) mass is 504 g/mol. The van der Waals surface area contributed by atoms with E-state index < -0.39 is 53.0 Å². The van der Waals surface area contributed by atoms with Gasteiger partial charge in [-0.1, -0.05) is 12.1 Å². The Morgan fingerprint density at radius 3 is 2.00 bits per heavy atom. The van der Waals surface area contributed by atoms with Crippen LogP contribution in [0, 0.1) is 0 Å². The molecule has 0 spiro atoms. The SMILES string of the molecule is COc1ccc([C@@H]2CN(C(=O)O)CC[C@H]2N(C)C(=O)c2cc(C(F)(F)F)cc(C(F)(F)F)c2)cc1. The van der Waals surface area contributed by atoms with E-state index in [1.807, 2.05) is 0 Å². The molecule has 1 N–H and O–H groups in total. The largest absolute Gasteiger partial charge is 0.497 e. The highest BCUT2D eigenvalue weighted by atomic mass is 19.4. The van der Waals surface area contributed by atoms with Gasteiger partial charge in [0.05, 0.1) is 18.2 Å². The quantitative estimate of drug-likeness (QED) is 0.571. The van der Waals surface area contributed by atoms with Crippen LogP contribution >= 0.6 is 0 Å². The molecule has 0 bridgehead atoms. The third-order valence-electron chi connectivity index (χ3n) is 6.04. The van der Waals surface area contributed by atoms with E-state index in [1.54, 1.807) is 24.3 Å². The van der Waals surface area contributed by atoms with Crippen molar-refractivity contribution in [3.63, 3.8) is 0 Å². The van der Waals surface area contributed by atoms with E-state index in [0.29, 0.717) is 23.4 Å². The molecular formula is C23H22F6N2O4. The molecule has 1 heterocycles. The number of halogens is 6. The molecule has 0 aliphatic carbocycles. The first kappa shape index (κ1) is 26.2. The van der Waals surface area contributed by atoms with Crippen LogP contribution in [0.2, 0.25) is 0 Å². The number of nitrogens with zero attached hydrogens (tertiary/aromatic N) is 2. The summed E-state index contributed by atoms with van der Waals surface area (Å²) in [6.45, 7) is 0.0288. The molecule has 0 saturated carbocycles. The van der Waals surface area contributed by atoms with Gasteiger partial charge >= 0.3 is 18.4 Å². The Labute approximate surface area is 196 Å². The molecule has 1 fully saturated rings. The summed E-state index contributed by atoms with van der Waals surface area (Å²) in [7, 11) is 2.74. The Morgan fingerprint density at radius 1 is 1.00 bits per heavy atom. The van der Waals surface area contributed by atoms with E-state index in [0.717, 1.165) is 9.80 Å². The first-order valence-corrected chi connectivity index (χ1v) is 10.4. The number of methoxy groups -OCH3 is 1. The van der Waals surface area contributed by atoms with Gasteiger partial charge in [0.25, 0.3) is 5.91 Å². The average molecular weight is 504 g/mol. The number of carbonyl (C=O) groups is 2. The lowest BCUT2D eigenvalue weighted by Crippen LogP contribution is -2.51. The van der Waals surface area contributed by atoms with Crippen LogP contribution < -0.4 is 4.74 Å². The molecule has 2 aromatic rings. The van der Waals surface area contributed by atoms with E-state index in [2.05, 4.69) is 0 Å². The van der Waals surface area contributed by atoms with E-state index in [-0.39, 0.29) is 25.6 Å². The van der Waals surface area contributed by atoms with Crippen LogP contribution in [0.5, 0.6) is 5.75 Å². The molecule has 2 aromatic carbocycles. The van der Waals surface area contributed by atoms with Crippen LogP contribution in [0.25, 0.3) is 0 Å². The minimum Gasteiger partial charge on any atom is -0.497 e. The molecule has 12 heteroatoms. The maximum Gasteiger partial charge on any atom is 0.416 e. The maximum atomic E-state index is 13.3. The summed E-state index contributed by atoms with van der Waals surface area (Å²) < 4.78 is 84.6. The molecule has 0 unspecified atom stereocenters. The molecule has 2 atom stereocenters. The molecule has 2 amide bonds. The molecule has 35 heavy (non-hydrogen) atoms. The van der Waals surface area contributed by atoms with Crippen LogP contribution in [0.4, 0.5) is 31.1 Å². The fourth-order valence-corrected chi connectivity index (χ4v) is 4.19. The van der Waals surface area contributed by atoms with Gasteiger partial charge < -0.3 is 19.6 Å². The Hall–Kier alpha value is -3.44. The van der Waals surface area contributed by atoms with Gasteiger partial charge in [-0.05, 0) is 42.3 Å². The number of piperidine rings is 1. The molecule has 6 nitrogen and oxygen atoms in total. The van der Waals surface area contributed by atoms with Gasteiger partial charge in [-0.2, -0.15) is 26.3 Å². The summed E-state index contributed by atoms with van der Waals surface area (Å²) in [6, 6.07) is 6.68. The first-order chi connectivity index (χ1) is 16.2. The number of carbonyl (C=O) groups excluding carboxylic acids is 1. The minimum atomic E-state index is -5.09. The van der Waals surface area contributed by atoms with Gasteiger partial charge in [0, 0.05) is 37.7 Å².